The van der Waals surface area contributed by atoms with Crippen LogP contribution in [0, 0.1) is 0 Å². The maximum Gasteiger partial charge on any atom is 0.407 e. The zero-order valence-electron chi connectivity index (χ0n) is 12.9. The van der Waals surface area contributed by atoms with Crippen molar-refractivity contribution in [3.05, 3.63) is 30.7 Å². The highest BCUT2D eigenvalue weighted by Gasteiger charge is 2.15. The van der Waals surface area contributed by atoms with E-state index in [0.29, 0.717) is 13.1 Å². The highest BCUT2D eigenvalue weighted by atomic mass is 16.6. The number of aromatic nitrogens is 3. The molecule has 2 aromatic heterocycles. The second-order valence-electron chi connectivity index (χ2n) is 5.82. The zero-order valence-corrected chi connectivity index (χ0v) is 12.9. The third-order valence-electron chi connectivity index (χ3n) is 2.69. The van der Waals surface area contributed by atoms with Crippen LogP contribution >= 0.6 is 0 Å². The van der Waals surface area contributed by atoms with Crippen molar-refractivity contribution >= 4 is 6.09 Å². The molecule has 0 aliphatic rings. The molecule has 0 atom stereocenters. The Bertz CT molecular complexity index is 629. The third-order valence-corrected chi connectivity index (χ3v) is 2.69. The van der Waals surface area contributed by atoms with Gasteiger partial charge in [0.05, 0.1) is 24.6 Å². The van der Waals surface area contributed by atoms with E-state index in [1.807, 2.05) is 27.0 Å². The average Bonchev–Trinajstić information content (AvgIpc) is 2.86. The standard InChI is InChI=1S/C15H20N4O3/c1-15(2,3)22-14(21)16-6-7-19-10-11(8-18-19)13-5-4-12(20)9-17-13/h4-5,8-10,20H,6-7H2,1-3H3,(H,16,21). The van der Waals surface area contributed by atoms with E-state index in [0.717, 1.165) is 11.3 Å². The number of hydrogen-bond donors (Lipinski definition) is 2. The first-order valence-corrected chi connectivity index (χ1v) is 6.98. The molecule has 1 amide bonds. The van der Waals surface area contributed by atoms with E-state index < -0.39 is 11.7 Å². The van der Waals surface area contributed by atoms with Crippen molar-refractivity contribution in [3.8, 4) is 17.0 Å². The highest BCUT2D eigenvalue weighted by molar-refractivity contribution is 5.67. The van der Waals surface area contributed by atoms with E-state index in [9.17, 15) is 9.90 Å². The number of ether oxygens (including phenoxy) is 1. The quantitative estimate of drug-likeness (QED) is 0.903. The van der Waals surface area contributed by atoms with Gasteiger partial charge in [-0.25, -0.2) is 4.79 Å². The summed E-state index contributed by atoms with van der Waals surface area (Å²) in [5.74, 6) is 0.123. The van der Waals surface area contributed by atoms with Crippen molar-refractivity contribution in [3.63, 3.8) is 0 Å². The lowest BCUT2D eigenvalue weighted by Crippen LogP contribution is -2.34. The molecule has 0 saturated carbocycles. The summed E-state index contributed by atoms with van der Waals surface area (Å²) in [5, 5.41) is 16.1. The topological polar surface area (TPSA) is 89.3 Å². The summed E-state index contributed by atoms with van der Waals surface area (Å²) >= 11 is 0. The molecule has 118 valence electrons. The normalized spacial score (nSPS) is 11.2. The smallest absolute Gasteiger partial charge is 0.407 e. The van der Waals surface area contributed by atoms with Gasteiger partial charge in [0, 0.05) is 18.3 Å². The molecule has 7 heteroatoms. The number of nitrogens with zero attached hydrogens (tertiary/aromatic N) is 3. The maximum atomic E-state index is 11.5. The Labute approximate surface area is 128 Å². The first kappa shape index (κ1) is 15.8. The number of amides is 1. The first-order valence-electron chi connectivity index (χ1n) is 6.98. The lowest BCUT2D eigenvalue weighted by atomic mass is 10.2. The van der Waals surface area contributed by atoms with Gasteiger partial charge >= 0.3 is 6.09 Å². The number of nitrogens with one attached hydrogen (secondary N) is 1. The van der Waals surface area contributed by atoms with Gasteiger partial charge in [0.15, 0.2) is 0 Å². The molecule has 0 aliphatic heterocycles. The predicted octanol–water partition coefficient (Wildman–Crippen LogP) is 2.18. The maximum absolute atomic E-state index is 11.5. The average molecular weight is 304 g/mol. The molecule has 0 fully saturated rings. The molecular formula is C15H20N4O3. The van der Waals surface area contributed by atoms with Crippen LogP contribution in [0.15, 0.2) is 30.7 Å². The van der Waals surface area contributed by atoms with E-state index in [1.165, 1.54) is 6.20 Å². The summed E-state index contributed by atoms with van der Waals surface area (Å²) in [6, 6.07) is 3.29. The van der Waals surface area contributed by atoms with Gasteiger partial charge in [-0.15, -0.1) is 0 Å². The molecule has 2 rings (SSSR count). The Hall–Kier alpha value is -2.57. The van der Waals surface area contributed by atoms with Crippen LogP contribution in [0.2, 0.25) is 0 Å². The SMILES string of the molecule is CC(C)(C)OC(=O)NCCn1cc(-c2ccc(O)cn2)cn1. The molecule has 0 aliphatic carbocycles. The van der Waals surface area contributed by atoms with Crippen molar-refractivity contribution in [2.24, 2.45) is 0 Å². The number of hydrogen-bond acceptors (Lipinski definition) is 5. The molecule has 0 bridgehead atoms. The number of carbonyl (C=O) groups is 1. The fraction of sp³-hybridized carbons (Fsp3) is 0.400. The molecule has 2 aromatic rings. The van der Waals surface area contributed by atoms with Crippen LogP contribution in [0.5, 0.6) is 5.75 Å². The number of carbonyl (C=O) groups excluding carboxylic acids is 1. The van der Waals surface area contributed by atoms with Crippen LogP contribution in [0.3, 0.4) is 0 Å². The Morgan fingerprint density at radius 3 is 2.77 bits per heavy atom. The van der Waals surface area contributed by atoms with Crippen molar-refractivity contribution < 1.29 is 14.6 Å². The minimum Gasteiger partial charge on any atom is -0.506 e. The fourth-order valence-corrected chi connectivity index (χ4v) is 1.76. The second kappa shape index (κ2) is 6.46. The molecule has 0 aromatic carbocycles. The zero-order chi connectivity index (χ0) is 16.2. The predicted molar refractivity (Wildman–Crippen MR) is 81.4 cm³/mol. The van der Waals surface area contributed by atoms with Crippen molar-refractivity contribution in [1.29, 1.82) is 0 Å². The van der Waals surface area contributed by atoms with Gasteiger partial charge in [-0.1, -0.05) is 0 Å². The monoisotopic (exact) mass is 304 g/mol. The summed E-state index contributed by atoms with van der Waals surface area (Å²) in [6.45, 7) is 6.39. The summed E-state index contributed by atoms with van der Waals surface area (Å²) in [5.41, 5.74) is 1.06. The number of alkyl carbamates (subject to hydrolysis) is 1. The van der Waals surface area contributed by atoms with Gasteiger partial charge in [-0.05, 0) is 32.9 Å². The van der Waals surface area contributed by atoms with E-state index in [4.69, 9.17) is 4.74 Å². The van der Waals surface area contributed by atoms with Gasteiger partial charge in [-0.3, -0.25) is 9.67 Å². The summed E-state index contributed by atoms with van der Waals surface area (Å²) in [4.78, 5) is 15.6. The Morgan fingerprint density at radius 1 is 1.36 bits per heavy atom. The van der Waals surface area contributed by atoms with E-state index in [1.54, 1.807) is 23.0 Å². The van der Waals surface area contributed by atoms with E-state index in [2.05, 4.69) is 15.4 Å². The number of rotatable bonds is 4. The fourth-order valence-electron chi connectivity index (χ4n) is 1.76. The first-order chi connectivity index (χ1) is 10.3. The lowest BCUT2D eigenvalue weighted by molar-refractivity contribution is 0.0525. The Balaban J connectivity index is 1.85. The highest BCUT2D eigenvalue weighted by Crippen LogP contribution is 2.17. The molecule has 2 heterocycles. The summed E-state index contributed by atoms with van der Waals surface area (Å²) in [7, 11) is 0. The van der Waals surface area contributed by atoms with Crippen LogP contribution in [0.1, 0.15) is 20.8 Å². The molecular weight excluding hydrogens is 284 g/mol. The van der Waals surface area contributed by atoms with Crippen molar-refractivity contribution in [2.75, 3.05) is 6.54 Å². The Morgan fingerprint density at radius 2 is 2.14 bits per heavy atom. The van der Waals surface area contributed by atoms with Crippen LogP contribution in [0.4, 0.5) is 4.79 Å². The summed E-state index contributed by atoms with van der Waals surface area (Å²) in [6.07, 6.45) is 4.46. The number of pyridine rings is 1. The lowest BCUT2D eigenvalue weighted by Gasteiger charge is -2.19. The van der Waals surface area contributed by atoms with Gasteiger partial charge in [0.1, 0.15) is 11.4 Å². The van der Waals surface area contributed by atoms with Gasteiger partial charge in [-0.2, -0.15) is 5.10 Å². The van der Waals surface area contributed by atoms with Gasteiger partial charge < -0.3 is 15.2 Å². The Kier molecular flexibility index (Phi) is 4.65. The molecule has 22 heavy (non-hydrogen) atoms. The summed E-state index contributed by atoms with van der Waals surface area (Å²) < 4.78 is 6.86. The van der Waals surface area contributed by atoms with Gasteiger partial charge in [0.2, 0.25) is 0 Å². The van der Waals surface area contributed by atoms with Crippen LogP contribution in [-0.4, -0.2) is 38.1 Å². The molecule has 0 saturated heterocycles. The van der Waals surface area contributed by atoms with Crippen LogP contribution < -0.4 is 5.32 Å². The molecule has 0 unspecified atom stereocenters. The molecule has 2 N–H and O–H groups in total. The molecule has 7 nitrogen and oxygen atoms in total. The number of aromatic hydroxyl groups is 1. The molecule has 0 spiro atoms. The van der Waals surface area contributed by atoms with Crippen LogP contribution in [0.25, 0.3) is 11.3 Å². The molecule has 0 radical (unpaired) electrons. The van der Waals surface area contributed by atoms with Crippen LogP contribution in [-0.2, 0) is 11.3 Å². The van der Waals surface area contributed by atoms with Gasteiger partial charge in [0.25, 0.3) is 0 Å². The second-order valence-corrected chi connectivity index (χ2v) is 5.82. The third kappa shape index (κ3) is 4.76. The van der Waals surface area contributed by atoms with E-state index in [-0.39, 0.29) is 5.75 Å². The minimum atomic E-state index is -0.506. The van der Waals surface area contributed by atoms with Crippen molar-refractivity contribution in [1.82, 2.24) is 20.1 Å². The van der Waals surface area contributed by atoms with E-state index >= 15 is 0 Å². The largest absolute Gasteiger partial charge is 0.506 e. The minimum absolute atomic E-state index is 0.123. The van der Waals surface area contributed by atoms with Crippen molar-refractivity contribution in [2.45, 2.75) is 32.9 Å².